The van der Waals surface area contributed by atoms with Crippen LogP contribution in [-0.2, 0) is 14.6 Å². The molecule has 0 bridgehead atoms. The van der Waals surface area contributed by atoms with Crippen LogP contribution in [-0.4, -0.2) is 54.3 Å². The molecule has 0 aliphatic carbocycles. The molecule has 0 radical (unpaired) electrons. The number of anilines is 2. The Labute approximate surface area is 188 Å². The van der Waals surface area contributed by atoms with E-state index in [1.807, 2.05) is 6.07 Å². The van der Waals surface area contributed by atoms with Gasteiger partial charge in [-0.1, -0.05) is 6.07 Å². The number of Topliss-reactive ketones (excluding diaryl/α,β-unsaturated/α-hetero) is 1. The van der Waals surface area contributed by atoms with Crippen molar-refractivity contribution < 1.29 is 26.4 Å². The highest BCUT2D eigenvalue weighted by Crippen LogP contribution is 2.31. The summed E-state index contributed by atoms with van der Waals surface area (Å²) in [6.45, 7) is 1.37. The number of piperidine rings is 1. The lowest BCUT2D eigenvalue weighted by Crippen LogP contribution is -2.37. The largest absolute Gasteiger partial charge is 0.501 e. The van der Waals surface area contributed by atoms with E-state index in [9.17, 15) is 26.4 Å². The van der Waals surface area contributed by atoms with Crippen molar-refractivity contribution in [3.63, 3.8) is 0 Å². The van der Waals surface area contributed by atoms with Gasteiger partial charge in [0.2, 0.25) is 0 Å². The van der Waals surface area contributed by atoms with Crippen LogP contribution in [0, 0.1) is 5.92 Å². The van der Waals surface area contributed by atoms with Gasteiger partial charge in [-0.2, -0.15) is 13.2 Å². The molecule has 1 atom stereocenters. The Morgan fingerprint density at radius 1 is 1.24 bits per heavy atom. The molecular weight excluding hydrogens is 459 g/mol. The highest BCUT2D eigenvalue weighted by atomic mass is 32.2. The summed E-state index contributed by atoms with van der Waals surface area (Å²) < 4.78 is 61.5. The van der Waals surface area contributed by atoms with Gasteiger partial charge in [0.1, 0.15) is 17.8 Å². The third-order valence-electron chi connectivity index (χ3n) is 5.61. The number of carbonyl (C=O) groups is 1. The van der Waals surface area contributed by atoms with E-state index >= 15 is 0 Å². The Kier molecular flexibility index (Phi) is 6.28. The number of fused-ring (bicyclic) bond motifs is 1. The van der Waals surface area contributed by atoms with Gasteiger partial charge >= 0.3 is 5.51 Å². The molecule has 8 nitrogen and oxygen atoms in total. The van der Waals surface area contributed by atoms with Crippen LogP contribution in [0.1, 0.15) is 19.3 Å². The highest BCUT2D eigenvalue weighted by Gasteiger charge is 2.46. The van der Waals surface area contributed by atoms with E-state index in [1.165, 1.54) is 18.5 Å². The molecule has 1 aliphatic heterocycles. The van der Waals surface area contributed by atoms with Gasteiger partial charge in [-0.15, -0.1) is 0 Å². The monoisotopic (exact) mass is 481 g/mol. The Morgan fingerprint density at radius 3 is 2.85 bits per heavy atom. The molecule has 3 heterocycles. The first-order valence-corrected chi connectivity index (χ1v) is 11.8. The fourth-order valence-corrected chi connectivity index (χ4v) is 4.84. The van der Waals surface area contributed by atoms with Crippen molar-refractivity contribution in [2.75, 3.05) is 29.9 Å². The van der Waals surface area contributed by atoms with Gasteiger partial charge in [0, 0.05) is 31.4 Å². The number of alkyl halides is 3. The summed E-state index contributed by atoms with van der Waals surface area (Å²) in [6.07, 6.45) is 5.38. The maximum Gasteiger partial charge on any atom is 0.501 e. The minimum Gasteiger partial charge on any atom is -0.378 e. The standard InChI is InChI=1S/C21H22F3N5O3S/c22-21(23,24)33(31,32)17-5-1-4-15(10-17)26-11-16(30)9-14-3-2-8-29(12-14)20-18-6-7-25-19(18)27-13-28-20/h1,4-7,10,13-14,26H,2-3,8-9,11-12H2,(H,25,27,28)/t14-/m0/s1. The molecule has 0 unspecified atom stereocenters. The molecule has 33 heavy (non-hydrogen) atoms. The number of aromatic nitrogens is 3. The molecule has 12 heteroatoms. The molecule has 1 fully saturated rings. The van der Waals surface area contributed by atoms with Gasteiger partial charge < -0.3 is 15.2 Å². The smallest absolute Gasteiger partial charge is 0.378 e. The maximum atomic E-state index is 12.8. The third-order valence-corrected chi connectivity index (χ3v) is 7.09. The Balaban J connectivity index is 1.36. The molecular formula is C21H22F3N5O3S. The molecule has 0 spiro atoms. The van der Waals surface area contributed by atoms with Crippen molar-refractivity contribution in [3.8, 4) is 0 Å². The van der Waals surface area contributed by atoms with E-state index in [1.54, 1.807) is 6.20 Å². The van der Waals surface area contributed by atoms with Crippen molar-refractivity contribution in [3.05, 3.63) is 42.9 Å². The van der Waals surface area contributed by atoms with E-state index in [4.69, 9.17) is 0 Å². The fourth-order valence-electron chi connectivity index (χ4n) is 4.04. The van der Waals surface area contributed by atoms with Gasteiger partial charge in [-0.05, 0) is 43.0 Å². The molecule has 1 aliphatic rings. The van der Waals surface area contributed by atoms with Gasteiger partial charge in [0.15, 0.2) is 5.78 Å². The number of hydrogen-bond acceptors (Lipinski definition) is 7. The molecule has 0 saturated carbocycles. The second-order valence-corrected chi connectivity index (χ2v) is 9.91. The van der Waals surface area contributed by atoms with Crippen LogP contribution in [0.2, 0.25) is 0 Å². The average molecular weight is 482 g/mol. The molecule has 4 rings (SSSR count). The van der Waals surface area contributed by atoms with Crippen LogP contribution in [0.25, 0.3) is 11.0 Å². The van der Waals surface area contributed by atoms with E-state index in [2.05, 4.69) is 25.2 Å². The van der Waals surface area contributed by atoms with Gasteiger partial charge in [-0.25, -0.2) is 18.4 Å². The van der Waals surface area contributed by atoms with Gasteiger partial charge in [-0.3, -0.25) is 4.79 Å². The predicted molar refractivity (Wildman–Crippen MR) is 117 cm³/mol. The lowest BCUT2D eigenvalue weighted by atomic mass is 9.92. The number of benzene rings is 1. The maximum absolute atomic E-state index is 12.8. The van der Waals surface area contributed by atoms with Gasteiger partial charge in [0.25, 0.3) is 9.84 Å². The van der Waals surface area contributed by atoms with E-state index < -0.39 is 20.2 Å². The Hall–Kier alpha value is -3.15. The van der Waals surface area contributed by atoms with E-state index in [0.29, 0.717) is 13.0 Å². The third kappa shape index (κ3) is 4.95. The number of nitrogens with zero attached hydrogens (tertiary/aromatic N) is 3. The first-order valence-electron chi connectivity index (χ1n) is 10.3. The van der Waals surface area contributed by atoms with E-state index in [-0.39, 0.29) is 23.9 Å². The van der Waals surface area contributed by atoms with Crippen LogP contribution in [0.3, 0.4) is 0 Å². The van der Waals surface area contributed by atoms with Crippen molar-refractivity contribution in [1.82, 2.24) is 15.0 Å². The molecule has 3 aromatic rings. The van der Waals surface area contributed by atoms with Crippen molar-refractivity contribution in [1.29, 1.82) is 0 Å². The second kappa shape index (κ2) is 9.00. The quantitative estimate of drug-likeness (QED) is 0.531. The summed E-state index contributed by atoms with van der Waals surface area (Å²) >= 11 is 0. The van der Waals surface area contributed by atoms with Crippen LogP contribution in [0.4, 0.5) is 24.7 Å². The Morgan fingerprint density at radius 2 is 2.06 bits per heavy atom. The Bertz CT molecular complexity index is 1260. The lowest BCUT2D eigenvalue weighted by molar-refractivity contribution is -0.118. The summed E-state index contributed by atoms with van der Waals surface area (Å²) in [5.41, 5.74) is -4.50. The molecule has 1 saturated heterocycles. The van der Waals surface area contributed by atoms with Crippen LogP contribution < -0.4 is 10.2 Å². The molecule has 176 valence electrons. The predicted octanol–water partition coefficient (Wildman–Crippen LogP) is 3.54. The summed E-state index contributed by atoms with van der Waals surface area (Å²) in [6, 6.07) is 6.29. The number of H-pyrrole nitrogens is 1. The normalized spacial score (nSPS) is 17.3. The van der Waals surface area contributed by atoms with Crippen molar-refractivity contribution in [2.24, 2.45) is 5.92 Å². The van der Waals surface area contributed by atoms with Crippen LogP contribution in [0.15, 0.2) is 47.8 Å². The molecule has 1 aromatic carbocycles. The van der Waals surface area contributed by atoms with Crippen molar-refractivity contribution >= 4 is 38.2 Å². The first-order chi connectivity index (χ1) is 15.6. The number of carbonyl (C=O) groups excluding carboxylic acids is 1. The SMILES string of the molecule is O=C(CNc1cccc(S(=O)(=O)C(F)(F)F)c1)C[C@@H]1CCCN(c2ncnc3[nH]ccc23)C1. The summed E-state index contributed by atoms with van der Waals surface area (Å²) in [7, 11) is -5.45. The zero-order valence-electron chi connectivity index (χ0n) is 17.5. The van der Waals surface area contributed by atoms with E-state index in [0.717, 1.165) is 48.4 Å². The molecule has 2 aromatic heterocycles. The number of sulfone groups is 1. The van der Waals surface area contributed by atoms with Crippen LogP contribution in [0.5, 0.6) is 0 Å². The van der Waals surface area contributed by atoms with Crippen LogP contribution >= 0.6 is 0 Å². The number of halogens is 3. The number of ketones is 1. The molecule has 0 amide bonds. The van der Waals surface area contributed by atoms with Crippen molar-refractivity contribution in [2.45, 2.75) is 29.7 Å². The number of rotatable bonds is 7. The minimum atomic E-state index is -5.45. The first kappa shape index (κ1) is 23.0. The zero-order valence-corrected chi connectivity index (χ0v) is 18.3. The fraction of sp³-hybridized carbons (Fsp3) is 0.381. The topological polar surface area (TPSA) is 108 Å². The summed E-state index contributed by atoms with van der Waals surface area (Å²) in [4.78, 5) is 25.5. The number of nitrogens with one attached hydrogen (secondary N) is 2. The second-order valence-electron chi connectivity index (χ2n) is 7.96. The minimum absolute atomic E-state index is 0.106. The zero-order chi connectivity index (χ0) is 23.6. The summed E-state index contributed by atoms with van der Waals surface area (Å²) in [5.74, 6) is 0.813. The van der Waals surface area contributed by atoms with Gasteiger partial charge in [0.05, 0.1) is 16.8 Å². The lowest BCUT2D eigenvalue weighted by Gasteiger charge is -2.33. The number of hydrogen-bond donors (Lipinski definition) is 2. The highest BCUT2D eigenvalue weighted by molar-refractivity contribution is 7.92. The molecule has 2 N–H and O–H groups in total. The average Bonchev–Trinajstić information content (AvgIpc) is 3.26. The number of aromatic amines is 1. The summed E-state index contributed by atoms with van der Waals surface area (Å²) in [5, 5.41) is 3.66.